The van der Waals surface area contributed by atoms with E-state index in [1.807, 2.05) is 45.0 Å². The molecule has 0 spiro atoms. The van der Waals surface area contributed by atoms with Crippen LogP contribution >= 0.6 is 0 Å². The Morgan fingerprint density at radius 1 is 1.15 bits per heavy atom. The third kappa shape index (κ3) is 3.74. The lowest BCUT2D eigenvalue weighted by atomic mass is 9.98. The fourth-order valence-electron chi connectivity index (χ4n) is 2.86. The molecular formula is C20H22N4O2. The van der Waals surface area contributed by atoms with E-state index in [4.69, 9.17) is 0 Å². The molecule has 1 amide bonds. The van der Waals surface area contributed by atoms with Gasteiger partial charge in [-0.3, -0.25) is 4.79 Å². The van der Waals surface area contributed by atoms with E-state index in [9.17, 15) is 9.90 Å². The number of carbonyl (C=O) groups is 1. The van der Waals surface area contributed by atoms with Gasteiger partial charge in [0.15, 0.2) is 0 Å². The van der Waals surface area contributed by atoms with Crippen LogP contribution in [-0.2, 0) is 4.79 Å². The number of phenols is 1. The number of benzene rings is 2. The van der Waals surface area contributed by atoms with Gasteiger partial charge in [0.25, 0.3) is 0 Å². The van der Waals surface area contributed by atoms with Gasteiger partial charge >= 0.3 is 0 Å². The Kier molecular flexibility index (Phi) is 4.75. The number of aromatic nitrogens is 2. The summed E-state index contributed by atoms with van der Waals surface area (Å²) in [5.41, 5.74) is 3.95. The van der Waals surface area contributed by atoms with E-state index in [2.05, 4.69) is 20.6 Å². The molecule has 3 aromatic rings. The molecule has 0 unspecified atom stereocenters. The van der Waals surface area contributed by atoms with Crippen molar-refractivity contribution in [2.45, 2.75) is 33.7 Å². The molecule has 0 bridgehead atoms. The highest BCUT2D eigenvalue weighted by Gasteiger charge is 2.12. The predicted octanol–water partition coefficient (Wildman–Crippen LogP) is 4.09. The molecule has 134 valence electrons. The summed E-state index contributed by atoms with van der Waals surface area (Å²) in [4.78, 5) is 20.0. The van der Waals surface area contributed by atoms with Gasteiger partial charge in [-0.25, -0.2) is 9.97 Å². The van der Waals surface area contributed by atoms with Crippen LogP contribution in [0.15, 0.2) is 36.5 Å². The fourth-order valence-corrected chi connectivity index (χ4v) is 2.86. The van der Waals surface area contributed by atoms with Crippen LogP contribution in [0.4, 0.5) is 11.6 Å². The molecular weight excluding hydrogens is 328 g/mol. The summed E-state index contributed by atoms with van der Waals surface area (Å²) in [5.74, 6) is 0.575. The predicted molar refractivity (Wildman–Crippen MR) is 104 cm³/mol. The number of carbonyl (C=O) groups excluding carboxylic acids is 1. The molecule has 0 saturated carbocycles. The molecule has 0 aliphatic carbocycles. The second-order valence-electron chi connectivity index (χ2n) is 6.63. The normalized spacial score (nSPS) is 11.0. The molecule has 6 nitrogen and oxygen atoms in total. The lowest BCUT2D eigenvalue weighted by molar-refractivity contribution is -0.114. The van der Waals surface area contributed by atoms with Gasteiger partial charge in [0.1, 0.15) is 5.75 Å². The number of nitrogens with zero attached hydrogens (tertiary/aromatic N) is 2. The first kappa shape index (κ1) is 17.7. The van der Waals surface area contributed by atoms with Gasteiger partial charge in [0.2, 0.25) is 11.9 Å². The second kappa shape index (κ2) is 7.00. The molecule has 0 saturated heterocycles. The molecule has 26 heavy (non-hydrogen) atoms. The van der Waals surface area contributed by atoms with Crippen LogP contribution in [0.1, 0.15) is 26.3 Å². The topological polar surface area (TPSA) is 87.1 Å². The second-order valence-corrected chi connectivity index (χ2v) is 6.63. The van der Waals surface area contributed by atoms with Crippen LogP contribution in [0, 0.1) is 6.92 Å². The molecule has 1 heterocycles. The van der Waals surface area contributed by atoms with Gasteiger partial charge in [-0.2, -0.15) is 0 Å². The Morgan fingerprint density at radius 2 is 1.92 bits per heavy atom. The summed E-state index contributed by atoms with van der Waals surface area (Å²) in [6.07, 6.45) is 1.75. The summed E-state index contributed by atoms with van der Waals surface area (Å²) in [6, 6.07) is 9.34. The minimum Gasteiger partial charge on any atom is -0.507 e. The van der Waals surface area contributed by atoms with E-state index in [0.29, 0.717) is 17.0 Å². The maximum atomic E-state index is 11.2. The number of hydrogen-bond acceptors (Lipinski definition) is 5. The van der Waals surface area contributed by atoms with E-state index in [1.165, 1.54) is 6.92 Å². The fraction of sp³-hybridized carbons (Fsp3) is 0.250. The standard InChI is InChI=1S/C20H22N4O2/c1-11(2)22-20-21-10-14-8-17(19(26)9-18(14)24-20)16-6-5-15(7-12(16)3)23-13(4)25/h5-11,26H,1-4H3,(H,23,25)(H,21,22,24). The first-order chi connectivity index (χ1) is 12.3. The van der Waals surface area contributed by atoms with Crippen molar-refractivity contribution >= 4 is 28.4 Å². The van der Waals surface area contributed by atoms with E-state index in [-0.39, 0.29) is 17.7 Å². The third-order valence-corrected chi connectivity index (χ3v) is 3.95. The molecule has 1 aromatic heterocycles. The number of phenolic OH excluding ortho intramolecular Hbond substituents is 1. The monoisotopic (exact) mass is 350 g/mol. The van der Waals surface area contributed by atoms with Gasteiger partial charge in [-0.1, -0.05) is 6.07 Å². The number of hydrogen-bond donors (Lipinski definition) is 3. The minimum absolute atomic E-state index is 0.117. The van der Waals surface area contributed by atoms with Crippen molar-refractivity contribution in [2.24, 2.45) is 0 Å². The minimum atomic E-state index is -0.117. The Labute approximate surface area is 152 Å². The number of aromatic hydroxyl groups is 1. The maximum Gasteiger partial charge on any atom is 0.223 e. The lowest BCUT2D eigenvalue weighted by Gasteiger charge is -2.13. The van der Waals surface area contributed by atoms with Gasteiger partial charge in [0, 0.05) is 41.9 Å². The SMILES string of the molecule is CC(=O)Nc1ccc(-c2cc3cnc(NC(C)C)nc3cc2O)c(C)c1. The summed E-state index contributed by atoms with van der Waals surface area (Å²) >= 11 is 0. The van der Waals surface area contributed by atoms with Crippen LogP contribution in [0.5, 0.6) is 5.75 Å². The Morgan fingerprint density at radius 3 is 2.58 bits per heavy atom. The molecule has 3 rings (SSSR count). The van der Waals surface area contributed by atoms with E-state index in [1.54, 1.807) is 12.3 Å². The molecule has 0 aliphatic heterocycles. The molecule has 3 N–H and O–H groups in total. The van der Waals surface area contributed by atoms with Crippen molar-refractivity contribution in [3.8, 4) is 16.9 Å². The Hall–Kier alpha value is -3.15. The highest BCUT2D eigenvalue weighted by molar-refractivity contribution is 5.91. The largest absolute Gasteiger partial charge is 0.507 e. The number of amides is 1. The number of rotatable bonds is 4. The summed E-state index contributed by atoms with van der Waals surface area (Å²) < 4.78 is 0. The van der Waals surface area contributed by atoms with E-state index >= 15 is 0 Å². The molecule has 0 aliphatic rings. The Balaban J connectivity index is 2.02. The first-order valence-corrected chi connectivity index (χ1v) is 8.48. The molecule has 0 radical (unpaired) electrons. The number of fused-ring (bicyclic) bond motifs is 1. The van der Waals surface area contributed by atoms with Crippen molar-refractivity contribution in [1.82, 2.24) is 9.97 Å². The van der Waals surface area contributed by atoms with E-state index in [0.717, 1.165) is 22.2 Å². The molecule has 0 fully saturated rings. The highest BCUT2D eigenvalue weighted by Crippen LogP contribution is 2.35. The van der Waals surface area contributed by atoms with Crippen LogP contribution in [0.3, 0.4) is 0 Å². The first-order valence-electron chi connectivity index (χ1n) is 8.48. The smallest absolute Gasteiger partial charge is 0.223 e. The number of aryl methyl sites for hydroxylation is 1. The third-order valence-electron chi connectivity index (χ3n) is 3.95. The van der Waals surface area contributed by atoms with Gasteiger partial charge < -0.3 is 15.7 Å². The summed E-state index contributed by atoms with van der Waals surface area (Å²) in [6.45, 7) is 7.44. The van der Waals surface area contributed by atoms with Gasteiger partial charge in [-0.05, 0) is 50.1 Å². The highest BCUT2D eigenvalue weighted by atomic mass is 16.3. The van der Waals surface area contributed by atoms with E-state index < -0.39 is 0 Å². The van der Waals surface area contributed by atoms with Crippen LogP contribution in [0.25, 0.3) is 22.0 Å². The van der Waals surface area contributed by atoms with Crippen molar-refractivity contribution < 1.29 is 9.90 Å². The lowest BCUT2D eigenvalue weighted by Crippen LogP contribution is -2.12. The zero-order chi connectivity index (χ0) is 18.8. The molecule has 2 aromatic carbocycles. The van der Waals surface area contributed by atoms with Crippen molar-refractivity contribution in [2.75, 3.05) is 10.6 Å². The average Bonchev–Trinajstić information content (AvgIpc) is 2.53. The van der Waals surface area contributed by atoms with Crippen LogP contribution in [-0.4, -0.2) is 27.0 Å². The molecule has 6 heteroatoms. The zero-order valence-electron chi connectivity index (χ0n) is 15.3. The number of nitrogens with one attached hydrogen (secondary N) is 2. The quantitative estimate of drug-likeness (QED) is 0.660. The summed E-state index contributed by atoms with van der Waals surface area (Å²) in [7, 11) is 0. The van der Waals surface area contributed by atoms with Gasteiger partial charge in [-0.15, -0.1) is 0 Å². The zero-order valence-corrected chi connectivity index (χ0v) is 15.3. The van der Waals surface area contributed by atoms with Crippen molar-refractivity contribution in [3.05, 3.63) is 42.1 Å². The molecule has 0 atom stereocenters. The maximum absolute atomic E-state index is 11.2. The average molecular weight is 350 g/mol. The van der Waals surface area contributed by atoms with Crippen molar-refractivity contribution in [1.29, 1.82) is 0 Å². The number of anilines is 2. The Bertz CT molecular complexity index is 983. The van der Waals surface area contributed by atoms with Crippen LogP contribution < -0.4 is 10.6 Å². The van der Waals surface area contributed by atoms with Gasteiger partial charge in [0.05, 0.1) is 5.52 Å². The van der Waals surface area contributed by atoms with Crippen LogP contribution in [0.2, 0.25) is 0 Å². The summed E-state index contributed by atoms with van der Waals surface area (Å²) in [5, 5.41) is 17.3. The van der Waals surface area contributed by atoms with Crippen molar-refractivity contribution in [3.63, 3.8) is 0 Å².